The summed E-state index contributed by atoms with van der Waals surface area (Å²) in [6, 6.07) is 7.37. The lowest BCUT2D eigenvalue weighted by Crippen LogP contribution is -1.90. The molecule has 2 rings (SSSR count). The third kappa shape index (κ3) is 2.20. The fourth-order valence-corrected chi connectivity index (χ4v) is 1.71. The molecule has 1 heterocycles. The highest BCUT2D eigenvalue weighted by molar-refractivity contribution is 5.78. The predicted molar refractivity (Wildman–Crippen MR) is 65.8 cm³/mol. The summed E-state index contributed by atoms with van der Waals surface area (Å²) < 4.78 is 5.38. The molecule has 0 aliphatic rings. The summed E-state index contributed by atoms with van der Waals surface area (Å²) in [5.74, 6) is 0.931. The molecule has 0 bridgehead atoms. The maximum atomic E-state index is 10.7. The standard InChI is InChI=1S/C13H14N2O2/c1-8(2)12-11(15-13(14)17-12)10-5-3-4-9(6-10)7-16/h3-8H,1-2H3,(H2,14,15). The lowest BCUT2D eigenvalue weighted by atomic mass is 10.0. The summed E-state index contributed by atoms with van der Waals surface area (Å²) in [6.07, 6.45) is 0.808. The Morgan fingerprint density at radius 3 is 2.82 bits per heavy atom. The summed E-state index contributed by atoms with van der Waals surface area (Å²) in [4.78, 5) is 14.9. The normalized spacial score (nSPS) is 10.8. The van der Waals surface area contributed by atoms with Crippen molar-refractivity contribution in [1.29, 1.82) is 0 Å². The Hall–Kier alpha value is -2.10. The van der Waals surface area contributed by atoms with Crippen LogP contribution in [-0.4, -0.2) is 11.3 Å². The van der Waals surface area contributed by atoms with Crippen LogP contribution in [-0.2, 0) is 0 Å². The second-order valence-electron chi connectivity index (χ2n) is 4.16. The SMILES string of the molecule is CC(C)c1oc(N)nc1-c1cccc(C=O)c1. The zero-order valence-electron chi connectivity index (χ0n) is 9.81. The molecule has 0 amide bonds. The smallest absolute Gasteiger partial charge is 0.292 e. The molecule has 1 aromatic carbocycles. The van der Waals surface area contributed by atoms with Gasteiger partial charge in [0.15, 0.2) is 0 Å². The third-order valence-corrected chi connectivity index (χ3v) is 2.49. The molecular formula is C13H14N2O2. The molecule has 0 radical (unpaired) electrons. The minimum Gasteiger partial charge on any atom is -0.428 e. The van der Waals surface area contributed by atoms with Crippen LogP contribution in [0, 0.1) is 0 Å². The summed E-state index contributed by atoms with van der Waals surface area (Å²) in [5, 5.41) is 0. The van der Waals surface area contributed by atoms with E-state index in [1.807, 2.05) is 26.0 Å². The Balaban J connectivity index is 2.55. The van der Waals surface area contributed by atoms with Gasteiger partial charge in [0.25, 0.3) is 6.01 Å². The van der Waals surface area contributed by atoms with E-state index >= 15 is 0 Å². The summed E-state index contributed by atoms with van der Waals surface area (Å²) in [7, 11) is 0. The second kappa shape index (κ2) is 4.41. The molecule has 0 saturated heterocycles. The summed E-state index contributed by atoms with van der Waals surface area (Å²) >= 11 is 0. The molecule has 0 aliphatic carbocycles. The van der Waals surface area contributed by atoms with E-state index in [1.165, 1.54) is 0 Å². The number of anilines is 1. The van der Waals surface area contributed by atoms with Crippen LogP contribution in [0.1, 0.15) is 35.9 Å². The van der Waals surface area contributed by atoms with E-state index in [0.29, 0.717) is 11.3 Å². The first kappa shape index (κ1) is 11.4. The highest BCUT2D eigenvalue weighted by Crippen LogP contribution is 2.30. The molecule has 4 heteroatoms. The number of oxazole rings is 1. The predicted octanol–water partition coefficient (Wildman–Crippen LogP) is 2.86. The van der Waals surface area contributed by atoms with Crippen molar-refractivity contribution in [3.8, 4) is 11.3 Å². The number of nitrogen functional groups attached to an aromatic ring is 1. The zero-order chi connectivity index (χ0) is 12.4. The van der Waals surface area contributed by atoms with E-state index in [4.69, 9.17) is 10.2 Å². The van der Waals surface area contributed by atoms with Crippen LogP contribution in [0.2, 0.25) is 0 Å². The van der Waals surface area contributed by atoms with Gasteiger partial charge in [-0.3, -0.25) is 4.79 Å². The van der Waals surface area contributed by atoms with Gasteiger partial charge in [0.05, 0.1) is 0 Å². The van der Waals surface area contributed by atoms with Crippen LogP contribution in [0.15, 0.2) is 28.7 Å². The van der Waals surface area contributed by atoms with Crippen molar-refractivity contribution in [2.45, 2.75) is 19.8 Å². The van der Waals surface area contributed by atoms with Gasteiger partial charge in [0, 0.05) is 17.0 Å². The molecule has 0 atom stereocenters. The lowest BCUT2D eigenvalue weighted by Gasteiger charge is -2.04. The number of carbonyl (C=O) groups is 1. The van der Waals surface area contributed by atoms with Gasteiger partial charge in [-0.05, 0) is 6.07 Å². The molecule has 17 heavy (non-hydrogen) atoms. The highest BCUT2D eigenvalue weighted by atomic mass is 16.4. The third-order valence-electron chi connectivity index (χ3n) is 2.49. The minimum atomic E-state index is 0.153. The van der Waals surface area contributed by atoms with Crippen molar-refractivity contribution >= 4 is 12.3 Å². The monoisotopic (exact) mass is 230 g/mol. The molecular weight excluding hydrogens is 216 g/mol. The first-order valence-corrected chi connectivity index (χ1v) is 5.43. The van der Waals surface area contributed by atoms with Crippen LogP contribution in [0.25, 0.3) is 11.3 Å². The van der Waals surface area contributed by atoms with Crippen LogP contribution in [0.3, 0.4) is 0 Å². The summed E-state index contributed by atoms with van der Waals surface area (Å²) in [6.45, 7) is 4.01. The van der Waals surface area contributed by atoms with Gasteiger partial charge in [0.1, 0.15) is 17.7 Å². The molecule has 2 N–H and O–H groups in total. The van der Waals surface area contributed by atoms with E-state index in [9.17, 15) is 4.79 Å². The molecule has 0 saturated carbocycles. The first-order chi connectivity index (χ1) is 8.11. The van der Waals surface area contributed by atoms with Gasteiger partial charge < -0.3 is 10.2 Å². The van der Waals surface area contributed by atoms with Crippen molar-refractivity contribution in [3.05, 3.63) is 35.6 Å². The average Bonchev–Trinajstić information content (AvgIpc) is 2.72. The van der Waals surface area contributed by atoms with E-state index in [2.05, 4.69) is 4.98 Å². The lowest BCUT2D eigenvalue weighted by molar-refractivity contribution is 0.112. The molecule has 2 aromatic rings. The maximum absolute atomic E-state index is 10.7. The number of hydrogen-bond donors (Lipinski definition) is 1. The topological polar surface area (TPSA) is 69.1 Å². The van der Waals surface area contributed by atoms with Crippen LogP contribution < -0.4 is 5.73 Å². The second-order valence-corrected chi connectivity index (χ2v) is 4.16. The van der Waals surface area contributed by atoms with E-state index in [1.54, 1.807) is 12.1 Å². The number of hydrogen-bond acceptors (Lipinski definition) is 4. The average molecular weight is 230 g/mol. The number of carbonyl (C=O) groups excluding carboxylic acids is 1. The van der Waals surface area contributed by atoms with E-state index < -0.39 is 0 Å². The molecule has 0 fully saturated rings. The van der Waals surface area contributed by atoms with Crippen molar-refractivity contribution in [3.63, 3.8) is 0 Å². The van der Waals surface area contributed by atoms with Crippen molar-refractivity contribution in [1.82, 2.24) is 4.98 Å². The molecule has 88 valence electrons. The van der Waals surface area contributed by atoms with Crippen molar-refractivity contribution < 1.29 is 9.21 Å². The van der Waals surface area contributed by atoms with E-state index in [0.717, 1.165) is 17.6 Å². The molecule has 0 aliphatic heterocycles. The minimum absolute atomic E-state index is 0.153. The maximum Gasteiger partial charge on any atom is 0.292 e. The highest BCUT2D eigenvalue weighted by Gasteiger charge is 2.16. The number of aromatic nitrogens is 1. The Labute approximate surface area is 99.5 Å². The quantitative estimate of drug-likeness (QED) is 0.823. The Morgan fingerprint density at radius 1 is 1.41 bits per heavy atom. The number of rotatable bonds is 3. The fraction of sp³-hybridized carbons (Fsp3) is 0.231. The van der Waals surface area contributed by atoms with Crippen LogP contribution >= 0.6 is 0 Å². The Bertz CT molecular complexity index is 544. The molecule has 0 unspecified atom stereocenters. The number of nitrogens with two attached hydrogens (primary N) is 1. The van der Waals surface area contributed by atoms with Gasteiger partial charge >= 0.3 is 0 Å². The Morgan fingerprint density at radius 2 is 2.18 bits per heavy atom. The van der Waals surface area contributed by atoms with E-state index in [-0.39, 0.29) is 11.9 Å². The van der Waals surface area contributed by atoms with Gasteiger partial charge in [-0.2, -0.15) is 4.98 Å². The summed E-state index contributed by atoms with van der Waals surface area (Å²) in [5.41, 5.74) is 7.74. The number of aldehydes is 1. The van der Waals surface area contributed by atoms with Crippen molar-refractivity contribution in [2.24, 2.45) is 0 Å². The molecule has 4 nitrogen and oxygen atoms in total. The zero-order valence-corrected chi connectivity index (χ0v) is 9.81. The van der Waals surface area contributed by atoms with Gasteiger partial charge in [-0.15, -0.1) is 0 Å². The largest absolute Gasteiger partial charge is 0.428 e. The van der Waals surface area contributed by atoms with Gasteiger partial charge in [0.2, 0.25) is 0 Å². The van der Waals surface area contributed by atoms with Gasteiger partial charge in [-0.1, -0.05) is 32.0 Å². The Kier molecular flexibility index (Phi) is 2.95. The molecule has 1 aromatic heterocycles. The van der Waals surface area contributed by atoms with Gasteiger partial charge in [-0.25, -0.2) is 0 Å². The van der Waals surface area contributed by atoms with Crippen molar-refractivity contribution in [2.75, 3.05) is 5.73 Å². The van der Waals surface area contributed by atoms with Crippen LogP contribution in [0.5, 0.6) is 0 Å². The fourth-order valence-electron chi connectivity index (χ4n) is 1.71. The van der Waals surface area contributed by atoms with Crippen LogP contribution in [0.4, 0.5) is 6.01 Å². The number of benzene rings is 1. The molecule has 0 spiro atoms. The first-order valence-electron chi connectivity index (χ1n) is 5.43. The number of nitrogens with zero attached hydrogens (tertiary/aromatic N) is 1.